The fraction of sp³-hybridized carbons (Fsp3) is 0.455. The van der Waals surface area contributed by atoms with E-state index in [4.69, 9.17) is 20.3 Å². The van der Waals surface area contributed by atoms with E-state index < -0.39 is 12.5 Å². The van der Waals surface area contributed by atoms with Crippen LogP contribution in [0, 0.1) is 0 Å². The highest BCUT2D eigenvalue weighted by Gasteiger charge is 2.28. The van der Waals surface area contributed by atoms with Crippen molar-refractivity contribution in [2.24, 2.45) is 0 Å². The van der Waals surface area contributed by atoms with Gasteiger partial charge in [-0.15, -0.1) is 0 Å². The lowest BCUT2D eigenvalue weighted by atomic mass is 10.4. The third-order valence-corrected chi connectivity index (χ3v) is 2.93. The van der Waals surface area contributed by atoms with Crippen molar-refractivity contribution in [2.45, 2.75) is 19.4 Å². The molecule has 1 aliphatic heterocycles. The largest absolute Gasteiger partial charge is 0.391 e. The molecule has 0 bridgehead atoms. The van der Waals surface area contributed by atoms with Crippen LogP contribution in [-0.4, -0.2) is 50.0 Å². The molecule has 3 rings (SSSR count). The van der Waals surface area contributed by atoms with Crippen LogP contribution in [-0.2, 0) is 14.3 Å². The van der Waals surface area contributed by atoms with Crippen LogP contribution in [0.3, 0.4) is 0 Å². The van der Waals surface area contributed by atoms with Gasteiger partial charge in [-0.3, -0.25) is 9.36 Å². The Bertz CT molecular complexity index is 687. The molecule has 0 aromatic carbocycles. The number of nitrogens with zero attached hydrogens (tertiary/aromatic N) is 4. The lowest BCUT2D eigenvalue weighted by molar-refractivity contribution is -0.114. The highest BCUT2D eigenvalue weighted by atomic mass is 16.7. The Morgan fingerprint density at radius 1 is 1.62 bits per heavy atom. The summed E-state index contributed by atoms with van der Waals surface area (Å²) in [6.07, 6.45) is 0.339. The first kappa shape index (κ1) is 13.7. The van der Waals surface area contributed by atoms with Crippen molar-refractivity contribution < 1.29 is 19.4 Å². The van der Waals surface area contributed by atoms with Gasteiger partial charge in [0.25, 0.3) is 0 Å². The standard InChI is InChI=1S/C11H14N6O4/c1-5(19)14-9-8-10(16-11(12)15-9)17(4-13-8)6-3-20-7(2-18)21-6/h4,6-7,18H,2-3H2,1H3,(H3,12,14,15,16,19)/t6-,7-/m1/s1. The van der Waals surface area contributed by atoms with Gasteiger partial charge in [-0.25, -0.2) is 4.98 Å². The first-order valence-electron chi connectivity index (χ1n) is 6.24. The molecule has 2 aromatic heterocycles. The van der Waals surface area contributed by atoms with Crippen LogP contribution in [0.5, 0.6) is 0 Å². The summed E-state index contributed by atoms with van der Waals surface area (Å²) < 4.78 is 12.4. The van der Waals surface area contributed by atoms with Gasteiger partial charge in [0.05, 0.1) is 19.5 Å². The molecule has 1 aliphatic rings. The molecule has 0 unspecified atom stereocenters. The first-order valence-corrected chi connectivity index (χ1v) is 6.24. The lowest BCUT2D eigenvalue weighted by Gasteiger charge is -2.11. The Kier molecular flexibility index (Phi) is 3.41. The van der Waals surface area contributed by atoms with Crippen LogP contribution < -0.4 is 11.1 Å². The molecule has 2 atom stereocenters. The van der Waals surface area contributed by atoms with Gasteiger partial charge in [0, 0.05) is 6.92 Å². The molecule has 0 radical (unpaired) electrons. The molecular weight excluding hydrogens is 280 g/mol. The highest BCUT2D eigenvalue weighted by molar-refractivity contribution is 5.96. The number of fused-ring (bicyclic) bond motifs is 1. The first-order chi connectivity index (χ1) is 10.1. The number of imidazole rings is 1. The van der Waals surface area contributed by atoms with Crippen LogP contribution in [0.25, 0.3) is 11.2 Å². The number of ether oxygens (including phenoxy) is 2. The predicted molar refractivity (Wildman–Crippen MR) is 71.0 cm³/mol. The van der Waals surface area contributed by atoms with Crippen molar-refractivity contribution >= 4 is 28.8 Å². The summed E-state index contributed by atoms with van der Waals surface area (Å²) >= 11 is 0. The third-order valence-electron chi connectivity index (χ3n) is 2.93. The SMILES string of the molecule is CC(=O)Nc1nc(N)nc2c1ncn2[C@H]1CO[C@@H](CO)O1. The van der Waals surface area contributed by atoms with Gasteiger partial charge < -0.3 is 25.6 Å². The van der Waals surface area contributed by atoms with Gasteiger partial charge in [0.1, 0.15) is 0 Å². The Morgan fingerprint density at radius 3 is 3.10 bits per heavy atom. The Hall–Kier alpha value is -2.30. The van der Waals surface area contributed by atoms with Crippen molar-refractivity contribution in [3.8, 4) is 0 Å². The molecule has 1 saturated heterocycles. The van der Waals surface area contributed by atoms with Gasteiger partial charge in [-0.05, 0) is 0 Å². The maximum absolute atomic E-state index is 11.2. The highest BCUT2D eigenvalue weighted by Crippen LogP contribution is 2.27. The zero-order chi connectivity index (χ0) is 15.0. The molecule has 0 aliphatic carbocycles. The Balaban J connectivity index is 2.02. The number of aliphatic hydroxyl groups excluding tert-OH is 1. The van der Waals surface area contributed by atoms with E-state index in [1.807, 2.05) is 0 Å². The number of nitrogens with one attached hydrogen (secondary N) is 1. The zero-order valence-electron chi connectivity index (χ0n) is 11.2. The molecule has 10 nitrogen and oxygen atoms in total. The summed E-state index contributed by atoms with van der Waals surface area (Å²) in [6.45, 7) is 1.37. The second-order valence-electron chi connectivity index (χ2n) is 4.47. The number of aromatic nitrogens is 4. The molecule has 0 saturated carbocycles. The molecule has 10 heteroatoms. The van der Waals surface area contributed by atoms with E-state index in [2.05, 4.69) is 20.3 Å². The van der Waals surface area contributed by atoms with E-state index in [0.29, 0.717) is 11.2 Å². The molecule has 2 aromatic rings. The normalized spacial score (nSPS) is 21.8. The van der Waals surface area contributed by atoms with Gasteiger partial charge in [0.15, 0.2) is 29.5 Å². The number of hydrogen-bond acceptors (Lipinski definition) is 8. The van der Waals surface area contributed by atoms with Gasteiger partial charge >= 0.3 is 0 Å². The number of carbonyl (C=O) groups excluding carboxylic acids is 1. The van der Waals surface area contributed by atoms with Crippen molar-refractivity contribution in [3.05, 3.63) is 6.33 Å². The number of amides is 1. The Morgan fingerprint density at radius 2 is 2.43 bits per heavy atom. The van der Waals surface area contributed by atoms with Crippen LogP contribution in [0.4, 0.5) is 11.8 Å². The number of hydrogen-bond donors (Lipinski definition) is 3. The molecular formula is C11H14N6O4. The van der Waals surface area contributed by atoms with Crippen molar-refractivity contribution in [1.82, 2.24) is 19.5 Å². The molecule has 1 amide bonds. The second-order valence-corrected chi connectivity index (χ2v) is 4.47. The van der Waals surface area contributed by atoms with Crippen LogP contribution >= 0.6 is 0 Å². The summed E-state index contributed by atoms with van der Waals surface area (Å²) in [6, 6.07) is 0. The Labute approximate surface area is 118 Å². The number of nitrogens with two attached hydrogens (primary N) is 1. The van der Waals surface area contributed by atoms with Crippen molar-refractivity contribution in [2.75, 3.05) is 24.3 Å². The van der Waals surface area contributed by atoms with E-state index in [1.54, 1.807) is 4.57 Å². The maximum Gasteiger partial charge on any atom is 0.224 e. The van der Waals surface area contributed by atoms with E-state index in [-0.39, 0.29) is 30.9 Å². The summed E-state index contributed by atoms with van der Waals surface area (Å²) in [5, 5.41) is 11.6. The summed E-state index contributed by atoms with van der Waals surface area (Å²) in [5.74, 6) is -0.0447. The number of aliphatic hydroxyl groups is 1. The van der Waals surface area contributed by atoms with Crippen molar-refractivity contribution in [3.63, 3.8) is 0 Å². The monoisotopic (exact) mass is 294 g/mol. The summed E-state index contributed by atoms with van der Waals surface area (Å²) in [7, 11) is 0. The molecule has 0 spiro atoms. The molecule has 1 fully saturated rings. The predicted octanol–water partition coefficient (Wildman–Crippen LogP) is -0.769. The molecule has 112 valence electrons. The number of nitrogen functional groups attached to an aromatic ring is 1. The zero-order valence-corrected chi connectivity index (χ0v) is 11.2. The third kappa shape index (κ3) is 2.51. The fourth-order valence-corrected chi connectivity index (χ4v) is 2.08. The van der Waals surface area contributed by atoms with Gasteiger partial charge in [0.2, 0.25) is 11.9 Å². The van der Waals surface area contributed by atoms with E-state index in [0.717, 1.165) is 0 Å². The molecule has 3 heterocycles. The lowest BCUT2D eigenvalue weighted by Crippen LogP contribution is -2.15. The number of anilines is 2. The minimum atomic E-state index is -0.679. The van der Waals surface area contributed by atoms with E-state index in [9.17, 15) is 4.79 Å². The van der Waals surface area contributed by atoms with Crippen molar-refractivity contribution in [1.29, 1.82) is 0 Å². The fourth-order valence-electron chi connectivity index (χ4n) is 2.08. The van der Waals surface area contributed by atoms with Crippen LogP contribution in [0.1, 0.15) is 13.2 Å². The van der Waals surface area contributed by atoms with Crippen LogP contribution in [0.15, 0.2) is 6.33 Å². The summed E-state index contributed by atoms with van der Waals surface area (Å²) in [5.41, 5.74) is 6.47. The number of carbonyl (C=O) groups is 1. The molecule has 4 N–H and O–H groups in total. The van der Waals surface area contributed by atoms with E-state index >= 15 is 0 Å². The van der Waals surface area contributed by atoms with Crippen LogP contribution in [0.2, 0.25) is 0 Å². The second kappa shape index (κ2) is 5.24. The minimum absolute atomic E-state index is 0.00521. The summed E-state index contributed by atoms with van der Waals surface area (Å²) in [4.78, 5) is 23.4. The topological polar surface area (TPSA) is 137 Å². The molecule has 21 heavy (non-hydrogen) atoms. The smallest absolute Gasteiger partial charge is 0.224 e. The number of rotatable bonds is 3. The average Bonchev–Trinajstić information content (AvgIpc) is 3.03. The average molecular weight is 294 g/mol. The van der Waals surface area contributed by atoms with Gasteiger partial charge in [-0.2, -0.15) is 9.97 Å². The minimum Gasteiger partial charge on any atom is -0.391 e. The maximum atomic E-state index is 11.2. The quantitative estimate of drug-likeness (QED) is 0.671. The van der Waals surface area contributed by atoms with E-state index in [1.165, 1.54) is 13.3 Å². The van der Waals surface area contributed by atoms with Gasteiger partial charge in [-0.1, -0.05) is 0 Å².